The van der Waals surface area contributed by atoms with Crippen molar-refractivity contribution in [3.63, 3.8) is 0 Å². The number of fused-ring (bicyclic) bond motifs is 4. The number of nitriles is 1. The summed E-state index contributed by atoms with van der Waals surface area (Å²) in [5, 5.41) is 13.5. The first kappa shape index (κ1) is 24.6. The van der Waals surface area contributed by atoms with Gasteiger partial charge in [-0.2, -0.15) is 5.26 Å². The van der Waals surface area contributed by atoms with E-state index in [-0.39, 0.29) is 17.7 Å². The normalized spacial score (nSPS) is 20.5. The fourth-order valence-electron chi connectivity index (χ4n) is 6.24. The van der Waals surface area contributed by atoms with Gasteiger partial charge in [-0.3, -0.25) is 9.59 Å². The summed E-state index contributed by atoms with van der Waals surface area (Å²) in [5.74, 6) is 0.127. The molecule has 3 heterocycles. The number of carbonyl (C=O) groups excluding carboxylic acids is 2. The Kier molecular flexibility index (Phi) is 5.97. The first-order valence-corrected chi connectivity index (χ1v) is 13.4. The number of hydrogen-bond acceptors (Lipinski definition) is 5. The summed E-state index contributed by atoms with van der Waals surface area (Å²) in [4.78, 5) is 32.2. The Hall–Kier alpha value is -3.73. The summed E-state index contributed by atoms with van der Waals surface area (Å²) in [5.41, 5.74) is 7.88. The van der Waals surface area contributed by atoms with Crippen LogP contribution in [0.15, 0.2) is 36.4 Å². The highest BCUT2D eigenvalue weighted by Gasteiger charge is 2.40. The highest BCUT2D eigenvalue weighted by atomic mass is 16.5. The fraction of sp³-hybridized carbons (Fsp3) is 0.387. The molecule has 1 unspecified atom stereocenters. The lowest BCUT2D eigenvalue weighted by Crippen LogP contribution is -2.53. The third-order valence-corrected chi connectivity index (χ3v) is 8.41. The molecule has 0 saturated carbocycles. The van der Waals surface area contributed by atoms with E-state index in [1.165, 1.54) is 11.1 Å². The van der Waals surface area contributed by atoms with Crippen molar-refractivity contribution >= 4 is 28.2 Å². The number of amides is 1. The van der Waals surface area contributed by atoms with Crippen molar-refractivity contribution in [2.45, 2.75) is 45.1 Å². The Morgan fingerprint density at radius 3 is 2.76 bits per heavy atom. The third-order valence-electron chi connectivity index (χ3n) is 8.41. The number of benzene rings is 2. The molecule has 2 N–H and O–H groups in total. The number of rotatable bonds is 3. The molecule has 1 saturated heterocycles. The van der Waals surface area contributed by atoms with Gasteiger partial charge in [0.25, 0.3) is 0 Å². The van der Waals surface area contributed by atoms with E-state index in [1.807, 2.05) is 17.0 Å². The van der Waals surface area contributed by atoms with Crippen LogP contribution in [0.4, 0.5) is 0 Å². The van der Waals surface area contributed by atoms with E-state index < -0.39 is 5.41 Å². The molecule has 38 heavy (non-hydrogen) atoms. The Balaban J connectivity index is 1.37. The minimum absolute atomic E-state index is 0.0307. The highest BCUT2D eigenvalue weighted by Crippen LogP contribution is 2.45. The van der Waals surface area contributed by atoms with Gasteiger partial charge in [0.2, 0.25) is 5.91 Å². The molecular weight excluding hydrogens is 476 g/mol. The van der Waals surface area contributed by atoms with Crippen LogP contribution in [0.5, 0.6) is 0 Å². The van der Waals surface area contributed by atoms with Gasteiger partial charge in [-0.15, -0.1) is 0 Å². The van der Waals surface area contributed by atoms with E-state index >= 15 is 0 Å². The van der Waals surface area contributed by atoms with E-state index in [4.69, 9.17) is 4.74 Å². The summed E-state index contributed by atoms with van der Waals surface area (Å²) >= 11 is 0. The number of aryl methyl sites for hydroxylation is 1. The summed E-state index contributed by atoms with van der Waals surface area (Å²) in [6, 6.07) is 11.7. The van der Waals surface area contributed by atoms with Crippen molar-refractivity contribution in [3.05, 3.63) is 75.5 Å². The van der Waals surface area contributed by atoms with Crippen molar-refractivity contribution in [1.82, 2.24) is 15.2 Å². The first-order chi connectivity index (χ1) is 18.3. The van der Waals surface area contributed by atoms with Crippen LogP contribution < -0.4 is 5.32 Å². The first-order valence-electron chi connectivity index (χ1n) is 13.4. The zero-order valence-electron chi connectivity index (χ0n) is 22.1. The second kappa shape index (κ2) is 9.23. The number of H-pyrrole nitrogens is 1. The molecule has 1 atom stereocenters. The summed E-state index contributed by atoms with van der Waals surface area (Å²) in [6.45, 7) is 9.44. The smallest absolute Gasteiger partial charge is 0.242 e. The Morgan fingerprint density at radius 2 is 2.08 bits per heavy atom. The molecule has 2 aliphatic heterocycles. The van der Waals surface area contributed by atoms with Gasteiger partial charge in [0, 0.05) is 47.2 Å². The van der Waals surface area contributed by atoms with E-state index in [9.17, 15) is 14.9 Å². The zero-order valence-corrected chi connectivity index (χ0v) is 22.1. The third kappa shape index (κ3) is 3.79. The number of aromatic amines is 1. The molecule has 0 spiro atoms. The molecule has 194 valence electrons. The number of aromatic nitrogens is 1. The van der Waals surface area contributed by atoms with Gasteiger partial charge >= 0.3 is 0 Å². The maximum Gasteiger partial charge on any atom is 0.242 e. The molecule has 0 radical (unpaired) electrons. The molecule has 0 bridgehead atoms. The Labute approximate surface area is 222 Å². The van der Waals surface area contributed by atoms with Crippen LogP contribution >= 0.6 is 0 Å². The van der Waals surface area contributed by atoms with Crippen molar-refractivity contribution in [3.8, 4) is 6.07 Å². The standard InChI is InChI=1S/C31H32N4O3/c1-4-19-14-23-24(15-22(19)20-7-10-35(11-8-20)30(37)26-17-38-12-9-33-26)31(2,3)29-27(28(23)36)21-6-5-18(16-32)13-25(21)34-29/h5-7,13-15,26,33-34H,4,8-12,17H2,1-3H3. The molecule has 1 aliphatic carbocycles. The SMILES string of the molecule is CCc1cc2c(cc1C1=CCN(C(=O)C3COCCN3)CC1)C(C)(C)c1[nH]c3cc(C#N)ccc3c1C2=O. The van der Waals surface area contributed by atoms with Gasteiger partial charge < -0.3 is 19.9 Å². The topological polar surface area (TPSA) is 98.2 Å². The van der Waals surface area contributed by atoms with Crippen molar-refractivity contribution in [2.75, 3.05) is 32.8 Å². The molecule has 3 aliphatic rings. The highest BCUT2D eigenvalue weighted by molar-refractivity contribution is 6.20. The number of nitrogens with one attached hydrogen (secondary N) is 2. The minimum Gasteiger partial charge on any atom is -0.378 e. The van der Waals surface area contributed by atoms with Gasteiger partial charge in [0.05, 0.1) is 30.4 Å². The van der Waals surface area contributed by atoms with Gasteiger partial charge in [-0.05, 0) is 59.4 Å². The monoisotopic (exact) mass is 508 g/mol. The number of ether oxygens (including phenoxy) is 1. The van der Waals surface area contributed by atoms with E-state index in [2.05, 4.69) is 55.3 Å². The Morgan fingerprint density at radius 1 is 1.24 bits per heavy atom. The second-order valence-electron chi connectivity index (χ2n) is 11.0. The van der Waals surface area contributed by atoms with Crippen LogP contribution in [0.1, 0.15) is 71.1 Å². The van der Waals surface area contributed by atoms with Gasteiger partial charge in [-0.25, -0.2) is 0 Å². The van der Waals surface area contributed by atoms with Gasteiger partial charge in [0.1, 0.15) is 6.04 Å². The fourth-order valence-corrected chi connectivity index (χ4v) is 6.24. The van der Waals surface area contributed by atoms with E-state index in [0.717, 1.165) is 46.1 Å². The second-order valence-corrected chi connectivity index (χ2v) is 11.0. The lowest BCUT2D eigenvalue weighted by molar-refractivity contribution is -0.135. The molecule has 1 amide bonds. The van der Waals surface area contributed by atoms with Crippen LogP contribution in [0.25, 0.3) is 16.5 Å². The molecular formula is C31H32N4O3. The maximum absolute atomic E-state index is 13.9. The van der Waals surface area contributed by atoms with Crippen LogP contribution in [0, 0.1) is 11.3 Å². The molecule has 6 rings (SSSR count). The molecule has 7 heteroatoms. The van der Waals surface area contributed by atoms with Crippen molar-refractivity contribution < 1.29 is 14.3 Å². The van der Waals surface area contributed by atoms with Crippen LogP contribution in [0.3, 0.4) is 0 Å². The summed E-state index contributed by atoms with van der Waals surface area (Å²) < 4.78 is 5.48. The molecule has 7 nitrogen and oxygen atoms in total. The lowest BCUT2D eigenvalue weighted by atomic mass is 9.69. The van der Waals surface area contributed by atoms with Crippen LogP contribution in [-0.2, 0) is 21.4 Å². The Bertz CT molecular complexity index is 1550. The summed E-state index contributed by atoms with van der Waals surface area (Å²) in [7, 11) is 0. The predicted molar refractivity (Wildman–Crippen MR) is 146 cm³/mol. The minimum atomic E-state index is -0.421. The summed E-state index contributed by atoms with van der Waals surface area (Å²) in [6.07, 6.45) is 3.75. The largest absolute Gasteiger partial charge is 0.378 e. The molecule has 1 fully saturated rings. The molecule has 2 aromatic carbocycles. The molecule has 1 aromatic heterocycles. The molecule has 3 aromatic rings. The lowest BCUT2D eigenvalue weighted by Gasteiger charge is -2.35. The van der Waals surface area contributed by atoms with E-state index in [1.54, 1.807) is 6.07 Å². The van der Waals surface area contributed by atoms with Crippen molar-refractivity contribution in [2.24, 2.45) is 0 Å². The predicted octanol–water partition coefficient (Wildman–Crippen LogP) is 4.08. The number of hydrogen-bond donors (Lipinski definition) is 2. The number of morpholine rings is 1. The average Bonchev–Trinajstić information content (AvgIpc) is 3.36. The van der Waals surface area contributed by atoms with Gasteiger partial charge in [0.15, 0.2) is 5.78 Å². The number of carbonyl (C=O) groups is 2. The van der Waals surface area contributed by atoms with Crippen molar-refractivity contribution in [1.29, 1.82) is 5.26 Å². The average molecular weight is 509 g/mol. The van der Waals surface area contributed by atoms with Crippen LogP contribution in [-0.4, -0.2) is 60.5 Å². The number of ketones is 1. The quantitative estimate of drug-likeness (QED) is 0.556. The van der Waals surface area contributed by atoms with E-state index in [0.29, 0.717) is 44.0 Å². The zero-order chi connectivity index (χ0) is 26.6. The van der Waals surface area contributed by atoms with Gasteiger partial charge in [-0.1, -0.05) is 32.9 Å². The number of nitrogens with zero attached hydrogens (tertiary/aromatic N) is 2. The maximum atomic E-state index is 13.9. The van der Waals surface area contributed by atoms with Crippen LogP contribution in [0.2, 0.25) is 0 Å².